The number of carbonyl (C=O) groups is 1. The number of alkyl halides is 2. The number of pyridine rings is 1. The summed E-state index contributed by atoms with van der Waals surface area (Å²) in [6, 6.07) is 3.93. The van der Waals surface area contributed by atoms with Crippen LogP contribution in [0.3, 0.4) is 0 Å². The van der Waals surface area contributed by atoms with Gasteiger partial charge in [-0.15, -0.1) is 11.3 Å². The fourth-order valence-corrected chi connectivity index (χ4v) is 4.87. The molecule has 2 aromatic heterocycles. The maximum absolute atomic E-state index is 15.2. The third kappa shape index (κ3) is 4.86. The summed E-state index contributed by atoms with van der Waals surface area (Å²) in [5, 5.41) is 6.73. The van der Waals surface area contributed by atoms with Crippen molar-refractivity contribution in [1.29, 1.82) is 0 Å². The van der Waals surface area contributed by atoms with Gasteiger partial charge in [0.15, 0.2) is 0 Å². The molecule has 0 spiro atoms. The summed E-state index contributed by atoms with van der Waals surface area (Å²) in [5.41, 5.74) is 1.15. The van der Waals surface area contributed by atoms with E-state index in [-0.39, 0.29) is 23.8 Å². The van der Waals surface area contributed by atoms with Crippen LogP contribution in [0, 0.1) is 6.92 Å². The first kappa shape index (κ1) is 20.2. The average Bonchev–Trinajstić information content (AvgIpc) is 3.12. The van der Waals surface area contributed by atoms with Crippen molar-refractivity contribution in [2.45, 2.75) is 36.9 Å². The van der Waals surface area contributed by atoms with E-state index in [0.29, 0.717) is 30.8 Å². The highest BCUT2D eigenvalue weighted by Gasteiger charge is 2.41. The Morgan fingerprint density at radius 2 is 2.33 bits per heavy atom. The summed E-state index contributed by atoms with van der Waals surface area (Å²) < 4.78 is 20.5. The lowest BCUT2D eigenvalue weighted by atomic mass is 9.92. The van der Waals surface area contributed by atoms with Crippen LogP contribution in [-0.4, -0.2) is 46.6 Å². The summed E-state index contributed by atoms with van der Waals surface area (Å²) in [6.45, 7) is 3.09. The first-order chi connectivity index (χ1) is 12.9. The van der Waals surface area contributed by atoms with Crippen molar-refractivity contribution < 1.29 is 13.9 Å². The average molecular weight is 456 g/mol. The molecule has 0 saturated carbocycles. The third-order valence-electron chi connectivity index (χ3n) is 4.73. The largest absolute Gasteiger partial charge is 0.495 e. The van der Waals surface area contributed by atoms with Crippen molar-refractivity contribution in [3.8, 4) is 5.75 Å². The molecule has 3 rings (SSSR count). The van der Waals surface area contributed by atoms with E-state index in [1.54, 1.807) is 29.0 Å². The lowest BCUT2D eigenvalue weighted by molar-refractivity contribution is 0.0377. The number of likely N-dealkylation sites (tertiary alicyclic amines) is 1. The molecule has 1 aliphatic rings. The molecule has 2 aromatic rings. The number of nitrogens with one attached hydrogen (secondary N) is 1. The predicted octanol–water partition coefficient (Wildman–Crippen LogP) is 3.92. The van der Waals surface area contributed by atoms with Crippen LogP contribution in [0.15, 0.2) is 29.1 Å². The molecule has 27 heavy (non-hydrogen) atoms. The number of piperidine rings is 1. The Bertz CT molecular complexity index is 786. The van der Waals surface area contributed by atoms with Gasteiger partial charge in [0, 0.05) is 49.4 Å². The predicted molar refractivity (Wildman–Crippen MR) is 108 cm³/mol. The molecule has 0 aromatic carbocycles. The molecule has 0 radical (unpaired) electrons. The Morgan fingerprint density at radius 3 is 3.00 bits per heavy atom. The van der Waals surface area contributed by atoms with Crippen LogP contribution in [0.1, 0.15) is 34.5 Å². The molecular formula is C19H23BrFN3O2S. The van der Waals surface area contributed by atoms with Crippen LogP contribution in [0.4, 0.5) is 4.39 Å². The van der Waals surface area contributed by atoms with Crippen LogP contribution >= 0.6 is 27.3 Å². The van der Waals surface area contributed by atoms with E-state index >= 15 is 4.39 Å². The first-order valence-electron chi connectivity index (χ1n) is 8.78. The molecule has 1 N–H and O–H groups in total. The molecule has 1 fully saturated rings. The van der Waals surface area contributed by atoms with Crippen LogP contribution in [0.25, 0.3) is 0 Å². The number of rotatable bonds is 6. The van der Waals surface area contributed by atoms with E-state index in [0.717, 1.165) is 11.3 Å². The van der Waals surface area contributed by atoms with Gasteiger partial charge in [0.05, 0.1) is 23.3 Å². The van der Waals surface area contributed by atoms with E-state index < -0.39 is 5.67 Å². The lowest BCUT2D eigenvalue weighted by Crippen LogP contribution is -2.52. The monoisotopic (exact) mass is 455 g/mol. The van der Waals surface area contributed by atoms with Gasteiger partial charge in [-0.2, -0.15) is 0 Å². The molecule has 8 heteroatoms. The first-order valence-corrected chi connectivity index (χ1v) is 10.6. The Morgan fingerprint density at radius 1 is 1.52 bits per heavy atom. The van der Waals surface area contributed by atoms with Crippen LogP contribution in [-0.2, 0) is 6.54 Å². The van der Waals surface area contributed by atoms with E-state index in [1.807, 2.05) is 19.1 Å². The summed E-state index contributed by atoms with van der Waals surface area (Å²) in [5.74, 6) is 0.433. The van der Waals surface area contributed by atoms with Gasteiger partial charge < -0.3 is 15.0 Å². The zero-order chi connectivity index (χ0) is 19.4. The second-order valence-electron chi connectivity index (χ2n) is 6.82. The van der Waals surface area contributed by atoms with Crippen molar-refractivity contribution in [2.24, 2.45) is 0 Å². The number of carbonyl (C=O) groups excluding carboxylic acids is 1. The number of amides is 1. The second-order valence-corrected chi connectivity index (χ2v) is 8.62. The molecule has 0 bridgehead atoms. The van der Waals surface area contributed by atoms with Crippen molar-refractivity contribution in [2.75, 3.05) is 20.2 Å². The highest BCUT2D eigenvalue weighted by molar-refractivity contribution is 9.09. The molecular weight excluding hydrogens is 433 g/mol. The van der Waals surface area contributed by atoms with Crippen molar-refractivity contribution in [3.05, 3.63) is 45.9 Å². The van der Waals surface area contributed by atoms with Gasteiger partial charge in [-0.05, 0) is 18.6 Å². The molecule has 1 amide bonds. The fourth-order valence-electron chi connectivity index (χ4n) is 3.14. The smallest absolute Gasteiger partial charge is 0.259 e. The maximum atomic E-state index is 15.2. The number of aryl methyl sites for hydroxylation is 1. The van der Waals surface area contributed by atoms with Gasteiger partial charge in [-0.25, -0.2) is 4.39 Å². The topological polar surface area (TPSA) is 54.5 Å². The van der Waals surface area contributed by atoms with Crippen LogP contribution in [0.5, 0.6) is 5.75 Å². The number of aromatic nitrogens is 1. The van der Waals surface area contributed by atoms with E-state index in [4.69, 9.17) is 4.74 Å². The number of nitrogens with zero attached hydrogens (tertiary/aromatic N) is 2. The van der Waals surface area contributed by atoms with Gasteiger partial charge in [0.1, 0.15) is 11.4 Å². The molecule has 2 unspecified atom stereocenters. The highest BCUT2D eigenvalue weighted by atomic mass is 79.9. The molecule has 2 atom stereocenters. The number of hydrogen-bond acceptors (Lipinski definition) is 5. The number of halogens is 2. The Labute approximate surface area is 171 Å². The SMILES string of the molecule is COc1cscc1C(=O)N1CCC(F)(CNCc2ccc(C)cn2)CC1Br. The summed E-state index contributed by atoms with van der Waals surface area (Å²) >= 11 is 4.91. The normalized spacial score (nSPS) is 22.7. The van der Waals surface area contributed by atoms with Gasteiger partial charge >= 0.3 is 0 Å². The number of ether oxygens (including phenoxy) is 1. The standard InChI is InChI=1S/C19H23BrFN3O2S/c1-13-3-4-14(23-8-13)9-22-12-19(21)5-6-24(17(20)7-19)18(25)15-10-27-11-16(15)26-2/h3-4,8,10-11,17,22H,5-7,9,12H2,1-2H3. The molecule has 1 saturated heterocycles. The zero-order valence-corrected chi connectivity index (χ0v) is 17.8. The minimum Gasteiger partial charge on any atom is -0.495 e. The van der Waals surface area contributed by atoms with Crippen LogP contribution < -0.4 is 10.1 Å². The molecule has 0 aliphatic carbocycles. The maximum Gasteiger partial charge on any atom is 0.259 e. The van der Waals surface area contributed by atoms with E-state index in [9.17, 15) is 4.79 Å². The van der Waals surface area contributed by atoms with Crippen LogP contribution in [0.2, 0.25) is 0 Å². The number of thiophene rings is 1. The lowest BCUT2D eigenvalue weighted by Gasteiger charge is -2.40. The summed E-state index contributed by atoms with van der Waals surface area (Å²) in [6.07, 6.45) is 2.33. The summed E-state index contributed by atoms with van der Waals surface area (Å²) in [7, 11) is 1.54. The van der Waals surface area contributed by atoms with Gasteiger partial charge in [0.2, 0.25) is 0 Å². The molecule has 1 aliphatic heterocycles. The minimum atomic E-state index is -1.37. The van der Waals surface area contributed by atoms with Crippen molar-refractivity contribution in [1.82, 2.24) is 15.2 Å². The van der Waals surface area contributed by atoms with E-state index in [1.165, 1.54) is 11.3 Å². The molecule has 3 heterocycles. The Hall–Kier alpha value is -1.51. The van der Waals surface area contributed by atoms with Crippen molar-refractivity contribution >= 4 is 33.2 Å². The number of methoxy groups -OCH3 is 1. The fraction of sp³-hybridized carbons (Fsp3) is 0.474. The van der Waals surface area contributed by atoms with Gasteiger partial charge in [-0.3, -0.25) is 9.78 Å². The third-order valence-corrected chi connectivity index (χ3v) is 6.27. The van der Waals surface area contributed by atoms with Gasteiger partial charge in [0.25, 0.3) is 5.91 Å². The van der Waals surface area contributed by atoms with Gasteiger partial charge in [-0.1, -0.05) is 22.0 Å². The Balaban J connectivity index is 1.55. The van der Waals surface area contributed by atoms with E-state index in [2.05, 4.69) is 26.2 Å². The molecule has 5 nitrogen and oxygen atoms in total. The number of hydrogen-bond donors (Lipinski definition) is 1. The Kier molecular flexibility index (Phi) is 6.49. The van der Waals surface area contributed by atoms with Crippen molar-refractivity contribution in [3.63, 3.8) is 0 Å². The quantitative estimate of drug-likeness (QED) is 0.529. The highest BCUT2D eigenvalue weighted by Crippen LogP contribution is 2.35. The summed E-state index contributed by atoms with van der Waals surface area (Å²) in [4.78, 5) is 18.4. The zero-order valence-electron chi connectivity index (χ0n) is 15.4. The molecule has 146 valence electrons. The second kappa shape index (κ2) is 8.67. The minimum absolute atomic E-state index is 0.131.